The monoisotopic (exact) mass is 605 g/mol. The van der Waals surface area contributed by atoms with Crippen molar-refractivity contribution in [3.05, 3.63) is 46.2 Å². The first-order chi connectivity index (χ1) is 22.1. The van der Waals surface area contributed by atoms with Gasteiger partial charge in [-0.05, 0) is 49.7 Å². The van der Waals surface area contributed by atoms with E-state index in [2.05, 4.69) is 15.9 Å². The number of phenolic OH excluding ortho intramolecular Hbond substituents is 1. The zero-order valence-corrected chi connectivity index (χ0v) is 23.9. The van der Waals surface area contributed by atoms with Gasteiger partial charge in [0.2, 0.25) is 5.95 Å². The van der Waals surface area contributed by atoms with E-state index in [0.717, 1.165) is 6.42 Å². The SMILES string of the molecule is [2H]C([2H])(Oc1nc(N2CCCO[C@H]3C[C@H]32)c2c(n1)=C(F)N(c1cc(O)cc3ccc(F)c(C#C)c13)CC=2)[C@@]12CCCN1C[C@H](F)C2. The van der Waals surface area contributed by atoms with E-state index < -0.39 is 30.0 Å². The number of nitrogens with zero attached hydrogens (tertiary/aromatic N) is 5. The van der Waals surface area contributed by atoms with Crippen molar-refractivity contribution in [2.75, 3.05) is 49.1 Å². The normalized spacial score (nSPS) is 28.8. The quantitative estimate of drug-likeness (QED) is 0.352. The number of phenols is 1. The molecule has 1 saturated carbocycles. The van der Waals surface area contributed by atoms with Crippen LogP contribution in [0.5, 0.6) is 11.8 Å². The van der Waals surface area contributed by atoms with Crippen LogP contribution in [0.3, 0.4) is 0 Å². The third kappa shape index (κ3) is 4.38. The van der Waals surface area contributed by atoms with Crippen LogP contribution in [0.4, 0.5) is 24.7 Å². The number of hydrogen-bond donors (Lipinski definition) is 1. The van der Waals surface area contributed by atoms with Gasteiger partial charge in [-0.2, -0.15) is 14.4 Å². The number of aromatic nitrogens is 2. The first kappa shape index (κ1) is 25.3. The maximum Gasteiger partial charge on any atom is 0.319 e. The summed E-state index contributed by atoms with van der Waals surface area (Å²) in [5.74, 6) is 1.11. The highest BCUT2D eigenvalue weighted by molar-refractivity contribution is 6.02. The average molecular weight is 606 g/mol. The number of fused-ring (bicyclic) bond motifs is 4. The molecule has 0 bridgehead atoms. The number of ether oxygens (including phenoxy) is 2. The third-order valence-corrected chi connectivity index (χ3v) is 9.46. The Balaban J connectivity index is 1.30. The summed E-state index contributed by atoms with van der Waals surface area (Å²) in [4.78, 5) is 14.2. The third-order valence-electron chi connectivity index (χ3n) is 9.46. The molecule has 3 aromatic rings. The number of anilines is 2. The van der Waals surface area contributed by atoms with Crippen molar-refractivity contribution in [3.63, 3.8) is 0 Å². The summed E-state index contributed by atoms with van der Waals surface area (Å²) in [5.41, 5.74) is -1.12. The molecule has 1 aliphatic carbocycles. The van der Waals surface area contributed by atoms with E-state index in [1.807, 2.05) is 4.90 Å². The van der Waals surface area contributed by atoms with Crippen LogP contribution < -0.4 is 25.1 Å². The van der Waals surface area contributed by atoms with Gasteiger partial charge in [0.15, 0.2) is 0 Å². The minimum absolute atomic E-state index is 0.0102. The zero-order valence-electron chi connectivity index (χ0n) is 25.9. The summed E-state index contributed by atoms with van der Waals surface area (Å²) in [6.07, 6.45) is 8.84. The lowest BCUT2D eigenvalue weighted by Gasteiger charge is -2.31. The lowest BCUT2D eigenvalue weighted by atomic mass is 9.95. The number of rotatable bonds is 5. The number of halogens is 3. The summed E-state index contributed by atoms with van der Waals surface area (Å²) in [6.45, 7) is -0.546. The summed E-state index contributed by atoms with van der Waals surface area (Å²) >= 11 is 0. The van der Waals surface area contributed by atoms with Crippen molar-refractivity contribution < 1.29 is 30.5 Å². The molecule has 0 radical (unpaired) electrons. The van der Waals surface area contributed by atoms with E-state index in [-0.39, 0.29) is 65.4 Å². The lowest BCUT2D eigenvalue weighted by Crippen LogP contribution is -2.47. The maximum atomic E-state index is 16.9. The fourth-order valence-electron chi connectivity index (χ4n) is 7.36. The van der Waals surface area contributed by atoms with Gasteiger partial charge >= 0.3 is 6.01 Å². The Hall–Kier alpha value is -4.01. The van der Waals surface area contributed by atoms with Gasteiger partial charge in [0.1, 0.15) is 35.5 Å². The molecular formula is C33H32F3N5O3. The van der Waals surface area contributed by atoms with E-state index in [9.17, 15) is 13.9 Å². The fraction of sp³-hybridized carbons (Fsp3) is 0.455. The summed E-state index contributed by atoms with van der Waals surface area (Å²) < 4.78 is 76.3. The maximum absolute atomic E-state index is 16.9. The molecule has 3 saturated heterocycles. The molecule has 8 rings (SSSR count). The second-order valence-electron chi connectivity index (χ2n) is 12.2. The fourth-order valence-corrected chi connectivity index (χ4v) is 7.36. The summed E-state index contributed by atoms with van der Waals surface area (Å²) in [7, 11) is 0. The van der Waals surface area contributed by atoms with Gasteiger partial charge in [0.25, 0.3) is 0 Å². The van der Waals surface area contributed by atoms with Gasteiger partial charge in [0, 0.05) is 49.3 Å². The van der Waals surface area contributed by atoms with E-state index in [1.165, 1.54) is 29.2 Å². The van der Waals surface area contributed by atoms with Gasteiger partial charge in [0.05, 0.1) is 31.7 Å². The number of terminal acetylenes is 1. The van der Waals surface area contributed by atoms with Gasteiger partial charge in [-0.25, -0.2) is 8.78 Å². The van der Waals surface area contributed by atoms with Crippen molar-refractivity contribution in [1.29, 1.82) is 0 Å². The Morgan fingerprint density at radius 2 is 2.11 bits per heavy atom. The second kappa shape index (κ2) is 10.3. The van der Waals surface area contributed by atoms with Crippen LogP contribution in [0.1, 0.15) is 40.4 Å². The minimum Gasteiger partial charge on any atom is -0.508 e. The van der Waals surface area contributed by atoms with Crippen LogP contribution >= 0.6 is 0 Å². The average Bonchev–Trinajstić information content (AvgIpc) is 3.59. The molecule has 5 aliphatic rings. The Morgan fingerprint density at radius 1 is 1.23 bits per heavy atom. The van der Waals surface area contributed by atoms with Crippen LogP contribution in [0, 0.1) is 18.2 Å². The Bertz CT molecular complexity index is 1940. The molecule has 4 fully saturated rings. The summed E-state index contributed by atoms with van der Waals surface area (Å²) in [5, 5.41) is 11.5. The second-order valence-corrected chi connectivity index (χ2v) is 12.2. The van der Waals surface area contributed by atoms with Gasteiger partial charge in [-0.3, -0.25) is 4.90 Å². The molecule has 8 nitrogen and oxygen atoms in total. The standard InChI is InChI=1S/C33H32F3N5O3/c1-2-22-24(35)6-5-19-13-21(42)14-26(28(19)22)40-11-7-23-29(30(40)36)37-32(38-31(23)41-10-4-12-43-27-15-25(27)41)44-18-33-8-3-9-39(33)17-20(34)16-33/h1,5-7,13-14,20,25,27,42H,3-4,8-12,15-18H2/t20-,25-,27+,33+/m1/s1/i18D2. The van der Waals surface area contributed by atoms with E-state index in [0.29, 0.717) is 55.4 Å². The predicted octanol–water partition coefficient (Wildman–Crippen LogP) is 3.11. The number of aromatic hydroxyl groups is 1. The van der Waals surface area contributed by atoms with Crippen LogP contribution in [0.15, 0.2) is 24.3 Å². The highest BCUT2D eigenvalue weighted by Gasteiger charge is 2.50. The molecule has 0 spiro atoms. The van der Waals surface area contributed by atoms with Crippen molar-refractivity contribution >= 4 is 34.3 Å². The van der Waals surface area contributed by atoms with Gasteiger partial charge < -0.3 is 24.4 Å². The van der Waals surface area contributed by atoms with Crippen LogP contribution in [0.2, 0.25) is 0 Å². The smallest absolute Gasteiger partial charge is 0.319 e. The van der Waals surface area contributed by atoms with Crippen LogP contribution in [-0.2, 0) is 4.74 Å². The van der Waals surface area contributed by atoms with E-state index in [4.69, 9.17) is 18.6 Å². The topological polar surface area (TPSA) is 74.2 Å². The minimum atomic E-state index is -2.38. The highest BCUT2D eigenvalue weighted by Crippen LogP contribution is 2.41. The van der Waals surface area contributed by atoms with Crippen LogP contribution in [0.25, 0.3) is 22.8 Å². The number of benzene rings is 2. The molecule has 0 amide bonds. The Labute approximate surface area is 255 Å². The van der Waals surface area contributed by atoms with Gasteiger partial charge in [-0.1, -0.05) is 18.1 Å². The van der Waals surface area contributed by atoms with Gasteiger partial charge in [-0.15, -0.1) is 6.42 Å². The van der Waals surface area contributed by atoms with Crippen molar-refractivity contribution in [1.82, 2.24) is 14.9 Å². The predicted molar refractivity (Wildman–Crippen MR) is 160 cm³/mol. The molecule has 44 heavy (non-hydrogen) atoms. The molecular weight excluding hydrogens is 571 g/mol. The first-order valence-corrected chi connectivity index (χ1v) is 15.0. The van der Waals surface area contributed by atoms with E-state index in [1.54, 1.807) is 11.0 Å². The van der Waals surface area contributed by atoms with Crippen molar-refractivity contribution in [2.24, 2.45) is 0 Å². The molecule has 0 unspecified atom stereocenters. The molecule has 5 heterocycles. The largest absolute Gasteiger partial charge is 0.508 e. The molecule has 1 aromatic heterocycles. The Kier molecular flexibility index (Phi) is 5.92. The zero-order chi connectivity index (χ0) is 32.0. The van der Waals surface area contributed by atoms with Crippen molar-refractivity contribution in [3.8, 4) is 24.1 Å². The molecule has 228 valence electrons. The molecule has 4 atom stereocenters. The molecule has 11 heteroatoms. The van der Waals surface area contributed by atoms with Crippen LogP contribution in [-0.4, -0.2) is 83.2 Å². The molecule has 2 aromatic carbocycles. The lowest BCUT2D eigenvalue weighted by molar-refractivity contribution is 0.107. The summed E-state index contributed by atoms with van der Waals surface area (Å²) in [6, 6.07) is 5.06. The number of alkyl halides is 1. The first-order valence-electron chi connectivity index (χ1n) is 16.0. The van der Waals surface area contributed by atoms with E-state index >= 15 is 4.39 Å². The highest BCUT2D eigenvalue weighted by atomic mass is 19.1. The number of hydrogen-bond acceptors (Lipinski definition) is 8. The molecule has 1 N–H and O–H groups in total. The Morgan fingerprint density at radius 3 is 2.98 bits per heavy atom. The van der Waals surface area contributed by atoms with Crippen molar-refractivity contribution in [2.45, 2.75) is 56.0 Å². The molecule has 4 aliphatic heterocycles.